The number of nitrogens with one attached hydrogen (secondary N) is 1. The average Bonchev–Trinajstić information content (AvgIpc) is 2.86. The van der Waals surface area contributed by atoms with Crippen molar-refractivity contribution < 1.29 is 4.74 Å². The van der Waals surface area contributed by atoms with E-state index in [0.29, 0.717) is 18.1 Å². The minimum atomic E-state index is 0.187. The molecule has 0 saturated carbocycles. The van der Waals surface area contributed by atoms with Gasteiger partial charge in [0.05, 0.1) is 19.2 Å². The van der Waals surface area contributed by atoms with E-state index in [-0.39, 0.29) is 6.04 Å². The molecular weight excluding hydrogens is 288 g/mol. The maximum Gasteiger partial charge on any atom is 0.189 e. The van der Waals surface area contributed by atoms with Gasteiger partial charge in [0.2, 0.25) is 0 Å². The van der Waals surface area contributed by atoms with E-state index in [4.69, 9.17) is 10.5 Å². The first-order chi connectivity index (χ1) is 11.1. The van der Waals surface area contributed by atoms with Crippen LogP contribution >= 0.6 is 0 Å². The smallest absolute Gasteiger partial charge is 0.189 e. The van der Waals surface area contributed by atoms with Crippen LogP contribution in [0.15, 0.2) is 29.3 Å². The number of nitrogens with two attached hydrogens (primary N) is 1. The molecule has 0 amide bonds. The highest BCUT2D eigenvalue weighted by Crippen LogP contribution is 2.31. The largest absolute Gasteiger partial charge is 0.493 e. The van der Waals surface area contributed by atoms with Gasteiger partial charge in [-0.05, 0) is 39.3 Å². The summed E-state index contributed by atoms with van der Waals surface area (Å²) in [5.41, 5.74) is 7.56. The second-order valence-electron chi connectivity index (χ2n) is 7.04. The third-order valence-electron chi connectivity index (χ3n) is 5.01. The fourth-order valence-corrected chi connectivity index (χ4v) is 3.59. The fourth-order valence-electron chi connectivity index (χ4n) is 3.59. The molecular formula is C18H28N4O. The van der Waals surface area contributed by atoms with Crippen LogP contribution < -0.4 is 15.8 Å². The molecule has 2 heterocycles. The Balaban J connectivity index is 1.54. The quantitative estimate of drug-likeness (QED) is 0.661. The lowest BCUT2D eigenvalue weighted by atomic mass is 10.0. The molecule has 0 radical (unpaired) electrons. The SMILES string of the molecule is CC1(C)CCCN1CCN=C(N)NC1CCOc2ccccc21. The fraction of sp³-hybridized carbons (Fsp3) is 0.611. The second kappa shape index (κ2) is 6.79. The van der Waals surface area contributed by atoms with Gasteiger partial charge in [-0.15, -0.1) is 0 Å². The molecule has 1 fully saturated rings. The summed E-state index contributed by atoms with van der Waals surface area (Å²) in [7, 11) is 0. The van der Waals surface area contributed by atoms with Crippen LogP contribution in [0.4, 0.5) is 0 Å². The van der Waals surface area contributed by atoms with Crippen molar-refractivity contribution in [3.63, 3.8) is 0 Å². The summed E-state index contributed by atoms with van der Waals surface area (Å²) in [4.78, 5) is 7.03. The van der Waals surface area contributed by atoms with Crippen LogP contribution in [-0.2, 0) is 0 Å². The molecule has 1 aromatic carbocycles. The number of fused-ring (bicyclic) bond motifs is 1. The first-order valence-corrected chi connectivity index (χ1v) is 8.59. The number of aliphatic imine (C=N–C) groups is 1. The zero-order chi connectivity index (χ0) is 16.3. The summed E-state index contributed by atoms with van der Waals surface area (Å²) in [6, 6.07) is 8.31. The Morgan fingerprint density at radius 2 is 2.26 bits per heavy atom. The topological polar surface area (TPSA) is 62.9 Å². The third-order valence-corrected chi connectivity index (χ3v) is 5.01. The van der Waals surface area contributed by atoms with E-state index >= 15 is 0 Å². The van der Waals surface area contributed by atoms with E-state index in [1.54, 1.807) is 0 Å². The van der Waals surface area contributed by atoms with Crippen molar-refractivity contribution in [1.82, 2.24) is 10.2 Å². The van der Waals surface area contributed by atoms with Crippen LogP contribution in [0.1, 0.15) is 44.7 Å². The highest BCUT2D eigenvalue weighted by atomic mass is 16.5. The number of hydrogen-bond acceptors (Lipinski definition) is 3. The Kier molecular flexibility index (Phi) is 4.76. The molecule has 0 spiro atoms. The minimum Gasteiger partial charge on any atom is -0.493 e. The molecule has 0 aromatic heterocycles. The molecule has 1 aromatic rings. The van der Waals surface area contributed by atoms with Gasteiger partial charge in [-0.1, -0.05) is 18.2 Å². The molecule has 1 atom stereocenters. The van der Waals surface area contributed by atoms with E-state index in [1.165, 1.54) is 19.4 Å². The van der Waals surface area contributed by atoms with Gasteiger partial charge in [-0.3, -0.25) is 9.89 Å². The van der Waals surface area contributed by atoms with Gasteiger partial charge in [0.25, 0.3) is 0 Å². The summed E-state index contributed by atoms with van der Waals surface area (Å²) < 4.78 is 5.68. The lowest BCUT2D eigenvalue weighted by Gasteiger charge is -2.31. The number of rotatable bonds is 4. The maximum atomic E-state index is 6.09. The number of likely N-dealkylation sites (tertiary alicyclic amines) is 1. The third kappa shape index (κ3) is 3.78. The van der Waals surface area contributed by atoms with E-state index in [2.05, 4.69) is 35.1 Å². The van der Waals surface area contributed by atoms with E-state index in [9.17, 15) is 0 Å². The second-order valence-corrected chi connectivity index (χ2v) is 7.04. The molecule has 5 heteroatoms. The van der Waals surface area contributed by atoms with Crippen molar-refractivity contribution >= 4 is 5.96 Å². The molecule has 2 aliphatic rings. The van der Waals surface area contributed by atoms with Crippen molar-refractivity contribution in [3.8, 4) is 5.75 Å². The summed E-state index contributed by atoms with van der Waals surface area (Å²) in [6.07, 6.45) is 3.46. The number of para-hydroxylation sites is 1. The van der Waals surface area contributed by atoms with E-state index in [0.717, 1.165) is 30.8 Å². The molecule has 2 aliphatic heterocycles. The Hall–Kier alpha value is -1.75. The van der Waals surface area contributed by atoms with Gasteiger partial charge in [-0.2, -0.15) is 0 Å². The molecule has 0 aliphatic carbocycles. The molecule has 23 heavy (non-hydrogen) atoms. The van der Waals surface area contributed by atoms with Gasteiger partial charge in [0, 0.05) is 24.1 Å². The van der Waals surface area contributed by atoms with Crippen molar-refractivity contribution in [1.29, 1.82) is 0 Å². The Labute approximate surface area is 138 Å². The lowest BCUT2D eigenvalue weighted by Crippen LogP contribution is -2.41. The Morgan fingerprint density at radius 3 is 3.04 bits per heavy atom. The zero-order valence-electron chi connectivity index (χ0n) is 14.2. The number of ether oxygens (including phenoxy) is 1. The van der Waals surface area contributed by atoms with Crippen LogP contribution in [0.5, 0.6) is 5.75 Å². The lowest BCUT2D eigenvalue weighted by molar-refractivity contribution is 0.180. The first-order valence-electron chi connectivity index (χ1n) is 8.59. The van der Waals surface area contributed by atoms with Crippen LogP contribution in [-0.4, -0.2) is 42.6 Å². The molecule has 0 bridgehead atoms. The molecule has 1 saturated heterocycles. The molecule has 1 unspecified atom stereocenters. The summed E-state index contributed by atoms with van der Waals surface area (Å²) in [5, 5.41) is 3.35. The number of guanidine groups is 1. The predicted molar refractivity (Wildman–Crippen MR) is 93.8 cm³/mol. The van der Waals surface area contributed by atoms with E-state index < -0.39 is 0 Å². The van der Waals surface area contributed by atoms with Gasteiger partial charge in [0.1, 0.15) is 5.75 Å². The van der Waals surface area contributed by atoms with Gasteiger partial charge in [0.15, 0.2) is 5.96 Å². The Morgan fingerprint density at radius 1 is 1.43 bits per heavy atom. The summed E-state index contributed by atoms with van der Waals surface area (Å²) in [5.74, 6) is 1.48. The molecule has 126 valence electrons. The molecule has 3 rings (SSSR count). The maximum absolute atomic E-state index is 6.09. The molecule has 5 nitrogen and oxygen atoms in total. The number of hydrogen-bond donors (Lipinski definition) is 2. The van der Waals surface area contributed by atoms with Crippen molar-refractivity contribution in [3.05, 3.63) is 29.8 Å². The van der Waals surface area contributed by atoms with Crippen LogP contribution in [0.25, 0.3) is 0 Å². The van der Waals surface area contributed by atoms with Gasteiger partial charge >= 0.3 is 0 Å². The van der Waals surface area contributed by atoms with Crippen molar-refractivity contribution in [2.45, 2.75) is 44.7 Å². The van der Waals surface area contributed by atoms with Crippen LogP contribution in [0, 0.1) is 0 Å². The highest BCUT2D eigenvalue weighted by molar-refractivity contribution is 5.78. The normalized spacial score (nSPS) is 24.1. The van der Waals surface area contributed by atoms with Crippen LogP contribution in [0.3, 0.4) is 0 Å². The zero-order valence-corrected chi connectivity index (χ0v) is 14.2. The first kappa shape index (κ1) is 16.1. The Bertz CT molecular complexity index is 570. The van der Waals surface area contributed by atoms with Crippen molar-refractivity contribution in [2.75, 3.05) is 26.2 Å². The number of nitrogens with zero attached hydrogens (tertiary/aromatic N) is 2. The highest BCUT2D eigenvalue weighted by Gasteiger charge is 2.31. The predicted octanol–water partition coefficient (Wildman–Crippen LogP) is 2.29. The number of benzene rings is 1. The van der Waals surface area contributed by atoms with Gasteiger partial charge < -0.3 is 15.8 Å². The standard InChI is InChI=1S/C18H28N4O/c1-18(2)9-5-11-22(18)12-10-20-17(19)21-15-8-13-23-16-7-4-3-6-14(15)16/h3-4,6-7,15H,5,8-13H2,1-2H3,(H3,19,20,21). The van der Waals surface area contributed by atoms with Gasteiger partial charge in [-0.25, -0.2) is 0 Å². The van der Waals surface area contributed by atoms with Crippen LogP contribution in [0.2, 0.25) is 0 Å². The monoisotopic (exact) mass is 316 g/mol. The molecule has 3 N–H and O–H groups in total. The minimum absolute atomic E-state index is 0.187. The average molecular weight is 316 g/mol. The summed E-state index contributed by atoms with van der Waals surface area (Å²) >= 11 is 0. The summed E-state index contributed by atoms with van der Waals surface area (Å²) in [6.45, 7) is 8.22. The van der Waals surface area contributed by atoms with Crippen molar-refractivity contribution in [2.24, 2.45) is 10.7 Å². The van der Waals surface area contributed by atoms with E-state index in [1.807, 2.05) is 18.2 Å².